The van der Waals surface area contributed by atoms with Crippen molar-refractivity contribution in [3.05, 3.63) is 89.4 Å². The molecule has 39 heavy (non-hydrogen) atoms. The van der Waals surface area contributed by atoms with Crippen molar-refractivity contribution in [3.8, 4) is 5.75 Å². The molecule has 8 nitrogen and oxygen atoms in total. The van der Waals surface area contributed by atoms with Crippen LogP contribution in [0, 0.1) is 5.92 Å². The van der Waals surface area contributed by atoms with E-state index in [0.717, 1.165) is 5.56 Å². The molecule has 2 amide bonds. The number of nitrogens with zero attached hydrogens (tertiary/aromatic N) is 2. The number of carbonyl (C=O) groups is 2. The summed E-state index contributed by atoms with van der Waals surface area (Å²) >= 11 is 5.91. The maximum absolute atomic E-state index is 13.7. The van der Waals surface area contributed by atoms with E-state index in [1.54, 1.807) is 35.2 Å². The van der Waals surface area contributed by atoms with E-state index in [-0.39, 0.29) is 42.3 Å². The summed E-state index contributed by atoms with van der Waals surface area (Å²) in [5.74, 6) is -0.295. The third-order valence-electron chi connectivity index (χ3n) is 7.14. The molecule has 0 radical (unpaired) electrons. The number of fused-ring (bicyclic) bond motifs is 1. The number of amides is 2. The summed E-state index contributed by atoms with van der Waals surface area (Å²) in [6.45, 7) is 1.02. The Labute approximate surface area is 233 Å². The van der Waals surface area contributed by atoms with E-state index >= 15 is 0 Å². The van der Waals surface area contributed by atoms with Gasteiger partial charge in [-0.15, -0.1) is 0 Å². The molecule has 0 bridgehead atoms. The molecule has 1 atom stereocenters. The van der Waals surface area contributed by atoms with Gasteiger partial charge in [-0.25, -0.2) is 8.42 Å². The van der Waals surface area contributed by atoms with Gasteiger partial charge in [-0.1, -0.05) is 54.1 Å². The van der Waals surface area contributed by atoms with Gasteiger partial charge in [-0.05, 0) is 61.2 Å². The molecule has 2 aliphatic heterocycles. The Morgan fingerprint density at radius 2 is 1.59 bits per heavy atom. The van der Waals surface area contributed by atoms with E-state index in [1.165, 1.54) is 16.4 Å². The van der Waals surface area contributed by atoms with Gasteiger partial charge >= 0.3 is 0 Å². The number of para-hydroxylation sites is 2. The molecule has 5 rings (SSSR count). The lowest BCUT2D eigenvalue weighted by atomic mass is 9.95. The van der Waals surface area contributed by atoms with Crippen molar-refractivity contribution in [2.75, 3.05) is 31.1 Å². The molecule has 1 N–H and O–H groups in total. The van der Waals surface area contributed by atoms with Crippen LogP contribution in [0.15, 0.2) is 83.8 Å². The van der Waals surface area contributed by atoms with Crippen molar-refractivity contribution in [3.63, 3.8) is 0 Å². The number of nitrogens with one attached hydrogen (secondary N) is 1. The second-order valence-electron chi connectivity index (χ2n) is 9.68. The highest BCUT2D eigenvalue weighted by molar-refractivity contribution is 7.89. The second kappa shape index (κ2) is 11.8. The maximum Gasteiger partial charge on any atom is 0.262 e. The lowest BCUT2D eigenvalue weighted by molar-refractivity contribution is -0.129. The summed E-state index contributed by atoms with van der Waals surface area (Å²) in [7, 11) is -3.67. The highest BCUT2D eigenvalue weighted by Gasteiger charge is 2.39. The van der Waals surface area contributed by atoms with E-state index in [0.29, 0.717) is 42.3 Å². The molecule has 2 heterocycles. The number of carbonyl (C=O) groups excluding carboxylic acids is 2. The number of piperidine rings is 1. The van der Waals surface area contributed by atoms with E-state index in [1.807, 2.05) is 36.4 Å². The normalized spacial score (nSPS) is 18.2. The highest BCUT2D eigenvalue weighted by atomic mass is 35.5. The fourth-order valence-corrected chi connectivity index (χ4v) is 6.58. The standard InChI is InChI=1S/C29H30ClN3O5S/c30-23-10-12-24(13-11-23)39(36,37)32-18-15-22(16-19-32)29(35)33-20-27(38-26-9-5-4-8-25(26)33)28(34)31-17-14-21-6-2-1-3-7-21/h1-13,22,27H,14-20H2,(H,31,34)/t27-/m1/s1. The van der Waals surface area contributed by atoms with E-state index in [2.05, 4.69) is 5.32 Å². The number of anilines is 1. The maximum atomic E-state index is 13.7. The number of ether oxygens (including phenoxy) is 1. The molecule has 204 valence electrons. The molecule has 2 aliphatic rings. The van der Waals surface area contributed by atoms with E-state index in [4.69, 9.17) is 16.3 Å². The number of hydrogen-bond acceptors (Lipinski definition) is 5. The fraction of sp³-hybridized carbons (Fsp3) is 0.310. The first-order valence-electron chi connectivity index (χ1n) is 13.0. The summed E-state index contributed by atoms with van der Waals surface area (Å²) in [6, 6.07) is 23.1. The minimum absolute atomic E-state index is 0.0936. The molecule has 3 aromatic rings. The summed E-state index contributed by atoms with van der Waals surface area (Å²) < 4.78 is 33.5. The number of sulfonamides is 1. The van der Waals surface area contributed by atoms with Crippen LogP contribution in [-0.4, -0.2) is 56.8 Å². The van der Waals surface area contributed by atoms with Gasteiger partial charge in [0.15, 0.2) is 6.10 Å². The first-order chi connectivity index (χ1) is 18.8. The first kappa shape index (κ1) is 27.2. The summed E-state index contributed by atoms with van der Waals surface area (Å²) in [5, 5.41) is 3.39. The Morgan fingerprint density at radius 3 is 2.31 bits per heavy atom. The third-order valence-corrected chi connectivity index (χ3v) is 9.31. The highest BCUT2D eigenvalue weighted by Crippen LogP contribution is 2.36. The predicted molar refractivity (Wildman–Crippen MR) is 149 cm³/mol. The predicted octanol–water partition coefficient (Wildman–Crippen LogP) is 3.89. The number of halogens is 1. The largest absolute Gasteiger partial charge is 0.477 e. The summed E-state index contributed by atoms with van der Waals surface area (Å²) in [5.41, 5.74) is 1.74. The van der Waals surface area contributed by atoms with Gasteiger partial charge in [0.05, 0.1) is 17.1 Å². The van der Waals surface area contributed by atoms with Crippen molar-refractivity contribution < 1.29 is 22.7 Å². The van der Waals surface area contributed by atoms with Gasteiger partial charge in [0, 0.05) is 30.6 Å². The molecule has 0 aliphatic carbocycles. The van der Waals surface area contributed by atoms with Crippen LogP contribution in [0.3, 0.4) is 0 Å². The third kappa shape index (κ3) is 6.11. The number of benzene rings is 3. The SMILES string of the molecule is O=C(NCCc1ccccc1)[C@H]1CN(C(=O)C2CCN(S(=O)(=O)c3ccc(Cl)cc3)CC2)c2ccccc2O1. The molecule has 3 aromatic carbocycles. The zero-order valence-corrected chi connectivity index (χ0v) is 22.9. The Hall–Kier alpha value is -3.40. The molecule has 0 saturated carbocycles. The molecule has 0 unspecified atom stereocenters. The summed E-state index contributed by atoms with van der Waals surface area (Å²) in [4.78, 5) is 28.5. The second-order valence-corrected chi connectivity index (χ2v) is 12.1. The number of rotatable bonds is 7. The molecular formula is C29H30ClN3O5S. The topological polar surface area (TPSA) is 96.0 Å². The van der Waals surface area contributed by atoms with Crippen LogP contribution in [0.2, 0.25) is 5.02 Å². The van der Waals surface area contributed by atoms with E-state index in [9.17, 15) is 18.0 Å². The molecular weight excluding hydrogens is 538 g/mol. The lowest BCUT2D eigenvalue weighted by Gasteiger charge is -2.38. The zero-order valence-electron chi connectivity index (χ0n) is 21.3. The quantitative estimate of drug-likeness (QED) is 0.467. The van der Waals surface area contributed by atoms with Crippen molar-refractivity contribution in [1.82, 2.24) is 9.62 Å². The van der Waals surface area contributed by atoms with Gasteiger partial charge < -0.3 is 15.0 Å². The number of hydrogen-bond donors (Lipinski definition) is 1. The Kier molecular flexibility index (Phi) is 8.20. The van der Waals surface area contributed by atoms with Crippen molar-refractivity contribution in [2.45, 2.75) is 30.3 Å². The van der Waals surface area contributed by atoms with Crippen molar-refractivity contribution in [1.29, 1.82) is 0 Å². The minimum Gasteiger partial charge on any atom is -0.477 e. The monoisotopic (exact) mass is 567 g/mol. The van der Waals surface area contributed by atoms with Crippen molar-refractivity contribution >= 4 is 39.1 Å². The van der Waals surface area contributed by atoms with Crippen LogP contribution in [0.4, 0.5) is 5.69 Å². The molecule has 1 fully saturated rings. The fourth-order valence-electron chi connectivity index (χ4n) is 4.99. The molecule has 0 spiro atoms. The lowest BCUT2D eigenvalue weighted by Crippen LogP contribution is -2.53. The first-order valence-corrected chi connectivity index (χ1v) is 14.8. The minimum atomic E-state index is -3.67. The van der Waals surface area contributed by atoms with Crippen LogP contribution < -0.4 is 15.0 Å². The van der Waals surface area contributed by atoms with Crippen molar-refractivity contribution in [2.24, 2.45) is 5.92 Å². The van der Waals surface area contributed by atoms with Crippen LogP contribution in [0.25, 0.3) is 0 Å². The average molecular weight is 568 g/mol. The van der Waals surface area contributed by atoms with E-state index < -0.39 is 16.1 Å². The van der Waals surface area contributed by atoms with Crippen LogP contribution in [0.1, 0.15) is 18.4 Å². The zero-order chi connectivity index (χ0) is 27.4. The molecule has 1 saturated heterocycles. The Balaban J connectivity index is 1.23. The Bertz CT molecular complexity index is 1420. The molecule has 0 aromatic heterocycles. The van der Waals surface area contributed by atoms with Gasteiger partial charge in [0.25, 0.3) is 5.91 Å². The Morgan fingerprint density at radius 1 is 0.923 bits per heavy atom. The average Bonchev–Trinajstić information content (AvgIpc) is 2.97. The summed E-state index contributed by atoms with van der Waals surface area (Å²) in [6.07, 6.45) is 0.624. The van der Waals surface area contributed by atoms with Crippen LogP contribution in [-0.2, 0) is 26.0 Å². The van der Waals surface area contributed by atoms with Gasteiger partial charge in [-0.2, -0.15) is 4.31 Å². The van der Waals surface area contributed by atoms with Crippen LogP contribution >= 0.6 is 11.6 Å². The van der Waals surface area contributed by atoms with Gasteiger partial charge in [0.1, 0.15) is 5.75 Å². The van der Waals surface area contributed by atoms with Crippen LogP contribution in [0.5, 0.6) is 5.75 Å². The molecule has 10 heteroatoms. The van der Waals surface area contributed by atoms with Gasteiger partial charge in [0.2, 0.25) is 15.9 Å². The van der Waals surface area contributed by atoms with Gasteiger partial charge in [-0.3, -0.25) is 9.59 Å². The smallest absolute Gasteiger partial charge is 0.262 e.